The summed E-state index contributed by atoms with van der Waals surface area (Å²) in [5.41, 5.74) is 9.34. The molecule has 1 heterocycles. The number of nitrogens with two attached hydrogens (primary N) is 1. The molecule has 0 aliphatic heterocycles. The summed E-state index contributed by atoms with van der Waals surface area (Å²) in [6.45, 7) is 9.21. The van der Waals surface area contributed by atoms with Crippen molar-refractivity contribution in [2.24, 2.45) is 0 Å². The van der Waals surface area contributed by atoms with Crippen LogP contribution in [0.4, 0.5) is 5.69 Å². The number of ether oxygens (including phenoxy) is 1. The number of pyridine rings is 1. The summed E-state index contributed by atoms with van der Waals surface area (Å²) < 4.78 is 7.45. The first kappa shape index (κ1) is 23.6. The van der Waals surface area contributed by atoms with Gasteiger partial charge in [-0.15, -0.1) is 0 Å². The summed E-state index contributed by atoms with van der Waals surface area (Å²) >= 11 is 0. The molecule has 0 unspecified atom stereocenters. The Hall–Kier alpha value is -2.69. The lowest BCUT2D eigenvalue weighted by Gasteiger charge is -2.15. The second-order valence-corrected chi connectivity index (χ2v) is 8.15. The standard InChI is InChI=1S/C25H36N2O3/c1-5-6-7-8-15-27-22-17-20(26)12-13-21(22)23(28)24(25(27)29)30-16-14-19(4)11-9-10-18(2)3/h10,12-14,17,28H,5-9,11,15-16,26H2,1-4H3. The van der Waals surface area contributed by atoms with E-state index in [2.05, 4.69) is 33.8 Å². The third-order valence-electron chi connectivity index (χ3n) is 5.21. The fraction of sp³-hybridized carbons (Fsp3) is 0.480. The van der Waals surface area contributed by atoms with Crippen LogP contribution < -0.4 is 16.0 Å². The van der Waals surface area contributed by atoms with Crippen LogP contribution in [-0.4, -0.2) is 16.3 Å². The highest BCUT2D eigenvalue weighted by molar-refractivity contribution is 5.89. The highest BCUT2D eigenvalue weighted by atomic mass is 16.5. The maximum atomic E-state index is 13.1. The van der Waals surface area contributed by atoms with Crippen LogP contribution in [0.3, 0.4) is 0 Å². The van der Waals surface area contributed by atoms with E-state index in [9.17, 15) is 9.90 Å². The van der Waals surface area contributed by atoms with Crippen LogP contribution in [0, 0.1) is 0 Å². The van der Waals surface area contributed by atoms with Crippen LogP contribution in [0.5, 0.6) is 11.5 Å². The third-order valence-corrected chi connectivity index (χ3v) is 5.21. The number of nitrogen functional groups attached to an aromatic ring is 1. The van der Waals surface area contributed by atoms with E-state index in [0.717, 1.165) is 38.5 Å². The van der Waals surface area contributed by atoms with Gasteiger partial charge in [0.15, 0.2) is 5.75 Å². The quantitative estimate of drug-likeness (QED) is 0.272. The third kappa shape index (κ3) is 6.41. The molecule has 164 valence electrons. The maximum Gasteiger partial charge on any atom is 0.297 e. The highest BCUT2D eigenvalue weighted by Crippen LogP contribution is 2.32. The fourth-order valence-electron chi connectivity index (χ4n) is 3.43. The molecule has 0 aliphatic rings. The lowest BCUT2D eigenvalue weighted by Crippen LogP contribution is -2.23. The number of allylic oxidation sites excluding steroid dienone is 3. The molecule has 1 aromatic carbocycles. The molecule has 0 radical (unpaired) electrons. The fourth-order valence-corrected chi connectivity index (χ4v) is 3.43. The zero-order valence-corrected chi connectivity index (χ0v) is 18.8. The van der Waals surface area contributed by atoms with Gasteiger partial charge >= 0.3 is 0 Å². The monoisotopic (exact) mass is 412 g/mol. The molecule has 0 spiro atoms. The minimum atomic E-state index is -0.308. The number of nitrogens with zero attached hydrogens (tertiary/aromatic N) is 1. The molecule has 30 heavy (non-hydrogen) atoms. The zero-order chi connectivity index (χ0) is 22.1. The van der Waals surface area contributed by atoms with Gasteiger partial charge in [0, 0.05) is 17.6 Å². The van der Waals surface area contributed by atoms with Crippen molar-refractivity contribution < 1.29 is 9.84 Å². The lowest BCUT2D eigenvalue weighted by molar-refractivity contribution is 0.328. The van der Waals surface area contributed by atoms with Gasteiger partial charge in [-0.05, 0) is 64.3 Å². The van der Waals surface area contributed by atoms with Crippen LogP contribution in [0.2, 0.25) is 0 Å². The molecule has 5 nitrogen and oxygen atoms in total. The first-order valence-electron chi connectivity index (χ1n) is 10.9. The summed E-state index contributed by atoms with van der Waals surface area (Å²) in [6, 6.07) is 5.22. The molecule has 0 bridgehead atoms. The number of unbranched alkanes of at least 4 members (excludes halogenated alkanes) is 3. The van der Waals surface area contributed by atoms with Gasteiger partial charge in [-0.3, -0.25) is 4.79 Å². The van der Waals surface area contributed by atoms with E-state index in [-0.39, 0.29) is 23.7 Å². The summed E-state index contributed by atoms with van der Waals surface area (Å²) in [4.78, 5) is 13.1. The topological polar surface area (TPSA) is 77.5 Å². The van der Waals surface area contributed by atoms with Gasteiger partial charge in [0.2, 0.25) is 5.75 Å². The number of aryl methyl sites for hydroxylation is 1. The van der Waals surface area contributed by atoms with Crippen LogP contribution >= 0.6 is 0 Å². The van der Waals surface area contributed by atoms with E-state index in [0.29, 0.717) is 23.1 Å². The minimum Gasteiger partial charge on any atom is -0.504 e. The Labute approximate surface area is 179 Å². The zero-order valence-electron chi connectivity index (χ0n) is 18.8. The van der Waals surface area contributed by atoms with Crippen LogP contribution in [0.15, 0.2) is 46.3 Å². The number of hydrogen-bond acceptors (Lipinski definition) is 4. The van der Waals surface area contributed by atoms with Crippen LogP contribution in [0.25, 0.3) is 10.9 Å². The van der Waals surface area contributed by atoms with Gasteiger partial charge in [-0.1, -0.05) is 43.4 Å². The van der Waals surface area contributed by atoms with Crippen molar-refractivity contribution in [1.29, 1.82) is 0 Å². The van der Waals surface area contributed by atoms with Crippen LogP contribution in [0.1, 0.15) is 66.2 Å². The van der Waals surface area contributed by atoms with Crippen molar-refractivity contribution in [3.05, 3.63) is 51.9 Å². The van der Waals surface area contributed by atoms with Gasteiger partial charge in [-0.2, -0.15) is 0 Å². The molecule has 0 atom stereocenters. The molecule has 0 fully saturated rings. The number of benzene rings is 1. The van der Waals surface area contributed by atoms with Gasteiger partial charge in [0.1, 0.15) is 6.61 Å². The Balaban J connectivity index is 2.27. The number of anilines is 1. The van der Waals surface area contributed by atoms with Gasteiger partial charge in [0.25, 0.3) is 5.56 Å². The van der Waals surface area contributed by atoms with Crippen molar-refractivity contribution in [3.63, 3.8) is 0 Å². The molecule has 5 heteroatoms. The second-order valence-electron chi connectivity index (χ2n) is 8.15. The van der Waals surface area contributed by atoms with Crippen molar-refractivity contribution in [3.8, 4) is 11.5 Å². The Morgan fingerprint density at radius 1 is 1.17 bits per heavy atom. The second kappa shape index (κ2) is 11.5. The molecule has 0 amide bonds. The molecule has 3 N–H and O–H groups in total. The number of aromatic nitrogens is 1. The summed E-state index contributed by atoms with van der Waals surface area (Å²) in [6.07, 6.45) is 10.3. The molecule has 0 saturated heterocycles. The minimum absolute atomic E-state index is 0.0103. The summed E-state index contributed by atoms with van der Waals surface area (Å²) in [7, 11) is 0. The molecule has 0 saturated carbocycles. The smallest absolute Gasteiger partial charge is 0.297 e. The van der Waals surface area contributed by atoms with E-state index in [4.69, 9.17) is 10.5 Å². The molecular weight excluding hydrogens is 376 g/mol. The highest BCUT2D eigenvalue weighted by Gasteiger charge is 2.17. The number of rotatable bonds is 11. The van der Waals surface area contributed by atoms with Gasteiger partial charge < -0.3 is 20.1 Å². The normalized spacial score (nSPS) is 11.7. The Bertz CT molecular complexity index is 966. The number of fused-ring (bicyclic) bond motifs is 1. The largest absolute Gasteiger partial charge is 0.504 e. The molecule has 0 aliphatic carbocycles. The van der Waals surface area contributed by atoms with E-state index in [1.807, 2.05) is 6.08 Å². The first-order valence-corrected chi connectivity index (χ1v) is 10.9. The van der Waals surface area contributed by atoms with Crippen LogP contribution in [-0.2, 0) is 6.54 Å². The van der Waals surface area contributed by atoms with Gasteiger partial charge in [0.05, 0.1) is 5.52 Å². The van der Waals surface area contributed by atoms with E-state index in [1.54, 1.807) is 22.8 Å². The molecule has 2 rings (SSSR count). The van der Waals surface area contributed by atoms with E-state index < -0.39 is 0 Å². The predicted octanol–water partition coefficient (Wildman–Crippen LogP) is 5.94. The average Bonchev–Trinajstić information content (AvgIpc) is 2.69. The summed E-state index contributed by atoms with van der Waals surface area (Å²) in [5, 5.41) is 11.3. The Morgan fingerprint density at radius 2 is 1.93 bits per heavy atom. The van der Waals surface area contributed by atoms with Gasteiger partial charge in [-0.25, -0.2) is 0 Å². The van der Waals surface area contributed by atoms with Crippen molar-refractivity contribution in [1.82, 2.24) is 4.57 Å². The SMILES string of the molecule is CCCCCCn1c(=O)c(OCC=C(C)CCC=C(C)C)c(O)c2ccc(N)cc21. The Morgan fingerprint density at radius 3 is 2.63 bits per heavy atom. The number of aromatic hydroxyl groups is 1. The molecular formula is C25H36N2O3. The predicted molar refractivity (Wildman–Crippen MR) is 126 cm³/mol. The van der Waals surface area contributed by atoms with Crippen molar-refractivity contribution in [2.75, 3.05) is 12.3 Å². The molecule has 1 aromatic heterocycles. The maximum absolute atomic E-state index is 13.1. The van der Waals surface area contributed by atoms with E-state index in [1.165, 1.54) is 11.1 Å². The van der Waals surface area contributed by atoms with Crippen molar-refractivity contribution >= 4 is 16.6 Å². The lowest BCUT2D eigenvalue weighted by atomic mass is 10.1. The Kier molecular flexibility index (Phi) is 9.03. The first-order chi connectivity index (χ1) is 14.3. The number of hydrogen-bond donors (Lipinski definition) is 2. The average molecular weight is 413 g/mol. The summed E-state index contributed by atoms with van der Waals surface area (Å²) in [5.74, 6) is -0.105. The van der Waals surface area contributed by atoms with E-state index >= 15 is 0 Å². The van der Waals surface area contributed by atoms with Crippen molar-refractivity contribution in [2.45, 2.75) is 72.8 Å². The molecule has 2 aromatic rings.